The second kappa shape index (κ2) is 7.06. The summed E-state index contributed by atoms with van der Waals surface area (Å²) in [6.07, 6.45) is 2.14. The molecule has 2 aliphatic rings. The number of carbonyl (C=O) groups excluding carboxylic acids is 1. The van der Waals surface area contributed by atoms with Gasteiger partial charge in [0.25, 0.3) is 0 Å². The maximum Gasteiger partial charge on any atom is 0.248 e. The number of amidine groups is 1. The average Bonchev–Trinajstić information content (AvgIpc) is 2.97. The zero-order valence-electron chi connectivity index (χ0n) is 13.3. The average molecular weight is 387 g/mol. The summed E-state index contributed by atoms with van der Waals surface area (Å²) in [5, 5.41) is 0.981. The van der Waals surface area contributed by atoms with Crippen LogP contribution in [0.15, 0.2) is 29.3 Å². The molecule has 0 radical (unpaired) electrons. The SMILES string of the molecule is CCCCC(=O)N=C1S[C@@H]2CS(=O)(=O)C[C@H]2N1c1ccccc1Cl. The lowest BCUT2D eigenvalue weighted by Crippen LogP contribution is -2.37. The van der Waals surface area contributed by atoms with Crippen molar-refractivity contribution in [2.75, 3.05) is 16.4 Å². The summed E-state index contributed by atoms with van der Waals surface area (Å²) >= 11 is 7.69. The van der Waals surface area contributed by atoms with Gasteiger partial charge in [0.15, 0.2) is 15.0 Å². The first-order valence-electron chi connectivity index (χ1n) is 7.93. The molecule has 8 heteroatoms. The zero-order valence-corrected chi connectivity index (χ0v) is 15.7. The summed E-state index contributed by atoms with van der Waals surface area (Å²) in [5.41, 5.74) is 0.707. The molecule has 2 atom stereocenters. The van der Waals surface area contributed by atoms with E-state index in [2.05, 4.69) is 4.99 Å². The van der Waals surface area contributed by atoms with Crippen LogP contribution in [0.4, 0.5) is 5.69 Å². The Bertz CT molecular complexity index is 779. The van der Waals surface area contributed by atoms with Crippen LogP contribution in [0.3, 0.4) is 0 Å². The van der Waals surface area contributed by atoms with Crippen molar-refractivity contribution in [3.05, 3.63) is 29.3 Å². The third-order valence-electron chi connectivity index (χ3n) is 4.14. The fourth-order valence-electron chi connectivity index (χ4n) is 2.98. The van der Waals surface area contributed by atoms with E-state index in [4.69, 9.17) is 11.6 Å². The molecule has 24 heavy (non-hydrogen) atoms. The van der Waals surface area contributed by atoms with Crippen LogP contribution in [0.25, 0.3) is 0 Å². The fraction of sp³-hybridized carbons (Fsp3) is 0.500. The Kier molecular flexibility index (Phi) is 5.22. The number of sulfone groups is 1. The van der Waals surface area contributed by atoms with Crippen LogP contribution in [-0.2, 0) is 14.6 Å². The number of hydrogen-bond acceptors (Lipinski definition) is 4. The van der Waals surface area contributed by atoms with Gasteiger partial charge in [-0.05, 0) is 18.6 Å². The van der Waals surface area contributed by atoms with Crippen LogP contribution < -0.4 is 4.90 Å². The summed E-state index contributed by atoms with van der Waals surface area (Å²) < 4.78 is 24.0. The minimum Gasteiger partial charge on any atom is -0.314 e. The number of unbranched alkanes of at least 4 members (excludes halogenated alkanes) is 1. The van der Waals surface area contributed by atoms with Crippen LogP contribution in [-0.4, -0.2) is 42.3 Å². The molecule has 2 heterocycles. The van der Waals surface area contributed by atoms with E-state index in [1.165, 1.54) is 11.8 Å². The Hall–Kier alpha value is -1.05. The van der Waals surface area contributed by atoms with Gasteiger partial charge in [-0.1, -0.05) is 48.8 Å². The normalized spacial score (nSPS) is 26.8. The quantitative estimate of drug-likeness (QED) is 0.795. The minimum absolute atomic E-state index is 0.0675. The van der Waals surface area contributed by atoms with Crippen LogP contribution >= 0.6 is 23.4 Å². The van der Waals surface area contributed by atoms with Gasteiger partial charge in [-0.25, -0.2) is 8.42 Å². The van der Waals surface area contributed by atoms with Crippen LogP contribution in [0, 0.1) is 0 Å². The number of nitrogens with zero attached hydrogens (tertiary/aromatic N) is 2. The van der Waals surface area contributed by atoms with Crippen molar-refractivity contribution in [2.24, 2.45) is 4.99 Å². The van der Waals surface area contributed by atoms with Gasteiger partial charge in [0.1, 0.15) is 0 Å². The molecule has 0 aromatic heterocycles. The number of rotatable bonds is 4. The molecule has 0 aliphatic carbocycles. The number of aliphatic imine (C=N–C) groups is 1. The van der Waals surface area contributed by atoms with Gasteiger partial charge in [-0.2, -0.15) is 4.99 Å². The lowest BCUT2D eigenvalue weighted by Gasteiger charge is -2.25. The highest BCUT2D eigenvalue weighted by atomic mass is 35.5. The molecule has 1 aromatic carbocycles. The lowest BCUT2D eigenvalue weighted by atomic mass is 10.2. The summed E-state index contributed by atoms with van der Waals surface area (Å²) in [7, 11) is -3.07. The highest BCUT2D eigenvalue weighted by molar-refractivity contribution is 8.16. The highest BCUT2D eigenvalue weighted by Gasteiger charge is 2.49. The number of hydrogen-bond donors (Lipinski definition) is 0. The molecule has 2 fully saturated rings. The van der Waals surface area contributed by atoms with E-state index in [9.17, 15) is 13.2 Å². The largest absolute Gasteiger partial charge is 0.314 e. The van der Waals surface area contributed by atoms with Crippen molar-refractivity contribution in [3.63, 3.8) is 0 Å². The first-order chi connectivity index (χ1) is 11.4. The maximum absolute atomic E-state index is 12.1. The zero-order chi connectivity index (χ0) is 17.3. The number of amides is 1. The van der Waals surface area contributed by atoms with E-state index in [-0.39, 0.29) is 28.7 Å². The van der Waals surface area contributed by atoms with Gasteiger partial charge < -0.3 is 4.90 Å². The Balaban J connectivity index is 1.96. The Morgan fingerprint density at radius 1 is 1.38 bits per heavy atom. The van der Waals surface area contributed by atoms with Crippen molar-refractivity contribution in [3.8, 4) is 0 Å². The molecule has 3 rings (SSSR count). The number of halogens is 1. The number of benzene rings is 1. The summed E-state index contributed by atoms with van der Waals surface area (Å²) in [6.45, 7) is 2.02. The second-order valence-electron chi connectivity index (χ2n) is 6.01. The molecular formula is C16H19ClN2O3S2. The van der Waals surface area contributed by atoms with Crippen molar-refractivity contribution in [1.29, 1.82) is 0 Å². The Labute approximate surface area is 151 Å². The van der Waals surface area contributed by atoms with Crippen molar-refractivity contribution < 1.29 is 13.2 Å². The molecular weight excluding hydrogens is 368 g/mol. The fourth-order valence-corrected chi connectivity index (χ4v) is 7.13. The molecule has 1 aromatic rings. The summed E-state index contributed by atoms with van der Waals surface area (Å²) in [5.74, 6) is 0.0167. The van der Waals surface area contributed by atoms with E-state index in [0.717, 1.165) is 12.8 Å². The van der Waals surface area contributed by atoms with Gasteiger partial charge in [0, 0.05) is 11.7 Å². The van der Waals surface area contributed by atoms with Gasteiger partial charge >= 0.3 is 0 Å². The Morgan fingerprint density at radius 3 is 2.83 bits per heavy atom. The lowest BCUT2D eigenvalue weighted by molar-refractivity contribution is -0.117. The first-order valence-corrected chi connectivity index (χ1v) is 11.0. The molecule has 0 bridgehead atoms. The summed E-state index contributed by atoms with van der Waals surface area (Å²) in [4.78, 5) is 18.2. The molecule has 130 valence electrons. The topological polar surface area (TPSA) is 66.8 Å². The highest BCUT2D eigenvalue weighted by Crippen LogP contribution is 2.42. The number of anilines is 1. The molecule has 1 amide bonds. The molecule has 0 spiro atoms. The van der Waals surface area contributed by atoms with E-state index in [0.29, 0.717) is 22.3 Å². The number of fused-ring (bicyclic) bond motifs is 1. The summed E-state index contributed by atoms with van der Waals surface area (Å²) in [6, 6.07) is 7.04. The monoisotopic (exact) mass is 386 g/mol. The first kappa shape index (κ1) is 17.8. The van der Waals surface area contributed by atoms with Gasteiger partial charge in [-0.3, -0.25) is 4.79 Å². The van der Waals surface area contributed by atoms with E-state index in [1.54, 1.807) is 6.07 Å². The third-order valence-corrected chi connectivity index (χ3v) is 7.67. The second-order valence-corrected chi connectivity index (χ2v) is 9.78. The number of thioether (sulfide) groups is 1. The standard InChI is InChI=1S/C16H19ClN2O3S2/c1-2-3-8-15(20)18-16-19(12-7-5-4-6-11(12)17)13-9-24(21,22)10-14(13)23-16/h4-7,13-14H,2-3,8-10H2,1H3/t13-,14-/m1/s1. The van der Waals surface area contributed by atoms with Crippen LogP contribution in [0.2, 0.25) is 5.02 Å². The number of carbonyl (C=O) groups is 1. The van der Waals surface area contributed by atoms with Crippen molar-refractivity contribution in [2.45, 2.75) is 37.5 Å². The van der Waals surface area contributed by atoms with E-state index < -0.39 is 9.84 Å². The smallest absolute Gasteiger partial charge is 0.248 e. The molecule has 2 saturated heterocycles. The van der Waals surface area contributed by atoms with Gasteiger partial charge in [0.2, 0.25) is 5.91 Å². The predicted octanol–water partition coefficient (Wildman–Crippen LogP) is 3.13. The van der Waals surface area contributed by atoms with Crippen LogP contribution in [0.1, 0.15) is 26.2 Å². The Morgan fingerprint density at radius 2 is 2.12 bits per heavy atom. The molecule has 0 saturated carbocycles. The van der Waals surface area contributed by atoms with Gasteiger partial charge in [-0.15, -0.1) is 0 Å². The third kappa shape index (κ3) is 3.63. The maximum atomic E-state index is 12.1. The minimum atomic E-state index is -3.07. The van der Waals surface area contributed by atoms with E-state index in [1.807, 2.05) is 30.0 Å². The number of para-hydroxylation sites is 1. The van der Waals surface area contributed by atoms with Crippen molar-refractivity contribution in [1.82, 2.24) is 0 Å². The molecule has 5 nitrogen and oxygen atoms in total. The van der Waals surface area contributed by atoms with E-state index >= 15 is 0 Å². The van der Waals surface area contributed by atoms with Crippen molar-refractivity contribution >= 4 is 50.0 Å². The molecule has 0 N–H and O–H groups in total. The van der Waals surface area contributed by atoms with Gasteiger partial charge in [0.05, 0.1) is 28.3 Å². The van der Waals surface area contributed by atoms with Crippen LogP contribution in [0.5, 0.6) is 0 Å². The molecule has 2 aliphatic heterocycles. The molecule has 0 unspecified atom stereocenters. The predicted molar refractivity (Wildman–Crippen MR) is 99.7 cm³/mol.